The summed E-state index contributed by atoms with van der Waals surface area (Å²) in [6.07, 6.45) is -4.39. The number of hydrogen-bond acceptors (Lipinski definition) is 6. The number of aryl methyl sites for hydroxylation is 1. The van der Waals surface area contributed by atoms with Gasteiger partial charge in [-0.2, -0.15) is 32.1 Å². The molecule has 280 valence electrons. The van der Waals surface area contributed by atoms with E-state index in [-0.39, 0.29) is 57.5 Å². The molecule has 20 heteroatoms. The van der Waals surface area contributed by atoms with E-state index in [4.69, 9.17) is 23.2 Å². The summed E-state index contributed by atoms with van der Waals surface area (Å²) in [6.45, 7) is -1.06. The van der Waals surface area contributed by atoms with Crippen molar-refractivity contribution in [2.45, 2.75) is 49.9 Å². The molecule has 5 aromatic rings. The second-order valence-corrected chi connectivity index (χ2v) is 15.6. The summed E-state index contributed by atoms with van der Waals surface area (Å²) in [5, 5.41) is 10.5. The SMILES string of the molecule is Cn1nc(NS(C)(=O)=O)c2c(Cl)ccc(-c3ccc(Cl)nc3C(Cc3cc(F)cc(F)c3)NC(=O)Cn3nc(C(F)(F)F)c4c3C(F)(F)[C@@H]3CC[C@H]43)c21. The van der Waals surface area contributed by atoms with Crippen molar-refractivity contribution in [3.05, 3.63) is 92.5 Å². The van der Waals surface area contributed by atoms with Crippen LogP contribution < -0.4 is 10.0 Å². The maximum Gasteiger partial charge on any atom is 0.435 e. The summed E-state index contributed by atoms with van der Waals surface area (Å²) < 4.78 is 130. The van der Waals surface area contributed by atoms with Gasteiger partial charge in [0.25, 0.3) is 5.92 Å². The Kier molecular flexibility index (Phi) is 8.96. The van der Waals surface area contributed by atoms with Gasteiger partial charge >= 0.3 is 6.18 Å². The second kappa shape index (κ2) is 12.9. The number of nitrogens with zero attached hydrogens (tertiary/aromatic N) is 5. The van der Waals surface area contributed by atoms with Crippen molar-refractivity contribution in [2.75, 3.05) is 11.0 Å². The average Bonchev–Trinajstić information content (AvgIpc) is 3.57. The number of amides is 1. The molecule has 0 saturated heterocycles. The molecule has 10 nitrogen and oxygen atoms in total. The van der Waals surface area contributed by atoms with E-state index in [1.807, 2.05) is 0 Å². The summed E-state index contributed by atoms with van der Waals surface area (Å²) in [5.41, 5.74) is -2.20. The number of hydrogen-bond donors (Lipinski definition) is 2. The van der Waals surface area contributed by atoms with Crippen LogP contribution in [-0.2, 0) is 46.9 Å². The van der Waals surface area contributed by atoms with Crippen LogP contribution in [0.1, 0.15) is 53.0 Å². The zero-order valence-electron chi connectivity index (χ0n) is 27.4. The molecule has 0 spiro atoms. The van der Waals surface area contributed by atoms with Crippen LogP contribution in [0.15, 0.2) is 42.5 Å². The molecule has 2 aromatic carbocycles. The van der Waals surface area contributed by atoms with Crippen LogP contribution in [0.3, 0.4) is 0 Å². The molecule has 1 saturated carbocycles. The van der Waals surface area contributed by atoms with Gasteiger partial charge in [-0.3, -0.25) is 18.9 Å². The average molecular weight is 805 g/mol. The summed E-state index contributed by atoms with van der Waals surface area (Å²) in [4.78, 5) is 18.2. The predicted molar refractivity (Wildman–Crippen MR) is 180 cm³/mol. The maximum absolute atomic E-state index is 15.5. The van der Waals surface area contributed by atoms with Gasteiger partial charge in [-0.15, -0.1) is 0 Å². The lowest BCUT2D eigenvalue weighted by atomic mass is 9.73. The third-order valence-electron chi connectivity index (χ3n) is 9.41. The molecule has 3 atom stereocenters. The molecular weight excluding hydrogens is 778 g/mol. The molecule has 53 heavy (non-hydrogen) atoms. The number of alkyl halides is 5. The van der Waals surface area contributed by atoms with Gasteiger partial charge in [0.1, 0.15) is 29.0 Å². The number of aromatic nitrogens is 5. The number of fused-ring (bicyclic) bond motifs is 4. The molecule has 0 radical (unpaired) electrons. The van der Waals surface area contributed by atoms with E-state index in [1.54, 1.807) is 6.07 Å². The van der Waals surface area contributed by atoms with Gasteiger partial charge in [-0.05, 0) is 61.1 Å². The molecule has 1 amide bonds. The van der Waals surface area contributed by atoms with Crippen LogP contribution >= 0.6 is 23.2 Å². The molecule has 2 N–H and O–H groups in total. The molecule has 3 heterocycles. The molecular formula is C33H26Cl2F7N7O3S. The molecule has 0 bridgehead atoms. The van der Waals surface area contributed by atoms with Crippen LogP contribution in [0, 0.1) is 17.6 Å². The van der Waals surface area contributed by atoms with Crippen LogP contribution in [0.25, 0.3) is 22.0 Å². The lowest BCUT2D eigenvalue weighted by Crippen LogP contribution is -2.36. The Hall–Kier alpha value is -4.42. The fourth-order valence-corrected chi connectivity index (χ4v) is 8.19. The maximum atomic E-state index is 15.5. The minimum atomic E-state index is -5.07. The normalized spacial score (nSPS) is 18.4. The Bertz CT molecular complexity index is 2420. The van der Waals surface area contributed by atoms with Crippen LogP contribution in [0.4, 0.5) is 36.6 Å². The van der Waals surface area contributed by atoms with Crippen molar-refractivity contribution < 1.29 is 43.9 Å². The van der Waals surface area contributed by atoms with E-state index in [0.29, 0.717) is 21.8 Å². The topological polar surface area (TPSA) is 124 Å². The van der Waals surface area contributed by atoms with Crippen molar-refractivity contribution in [1.82, 2.24) is 29.9 Å². The standard InChI is InChI=1S/C33H26Cl2F7N7O3S/c1-48-28-18(4-7-21(34)26(28)31(46-48)47-53(2,51)52)17-5-8-23(35)44-27(17)22(11-14-9-15(36)12-16(37)10-14)43-24(50)13-49-30-25(29(45-49)33(40,41)42)19-3-6-20(19)32(30,38)39/h4-5,7-10,12,19-20,22H,3,6,11,13H2,1-2H3,(H,43,50)(H,46,47)/t19-,20+,22?/m0/s1. The van der Waals surface area contributed by atoms with Crippen LogP contribution in [-0.4, -0.2) is 45.1 Å². The van der Waals surface area contributed by atoms with E-state index in [2.05, 4.69) is 25.2 Å². The van der Waals surface area contributed by atoms with Gasteiger partial charge < -0.3 is 5.32 Å². The van der Waals surface area contributed by atoms with Crippen molar-refractivity contribution in [3.63, 3.8) is 0 Å². The highest BCUT2D eigenvalue weighted by Crippen LogP contribution is 2.64. The first-order valence-electron chi connectivity index (χ1n) is 15.8. The number of rotatable bonds is 9. The number of nitrogens with one attached hydrogen (secondary N) is 2. The molecule has 2 aliphatic rings. The fourth-order valence-electron chi connectivity index (χ4n) is 7.30. The number of carbonyl (C=O) groups excluding carboxylic acids is 1. The van der Waals surface area contributed by atoms with E-state index >= 15 is 8.78 Å². The smallest absolute Gasteiger partial charge is 0.346 e. The lowest BCUT2D eigenvalue weighted by molar-refractivity contribution is -0.144. The van der Waals surface area contributed by atoms with Crippen molar-refractivity contribution in [3.8, 4) is 11.1 Å². The highest BCUT2D eigenvalue weighted by Gasteiger charge is 2.63. The third kappa shape index (κ3) is 6.69. The number of benzene rings is 2. The summed E-state index contributed by atoms with van der Waals surface area (Å²) in [7, 11) is -2.31. The van der Waals surface area contributed by atoms with Crippen LogP contribution in [0.2, 0.25) is 10.2 Å². The third-order valence-corrected chi connectivity index (χ3v) is 10.5. The Balaban J connectivity index is 1.34. The van der Waals surface area contributed by atoms with Crippen molar-refractivity contribution >= 4 is 55.9 Å². The molecule has 3 aromatic heterocycles. The monoisotopic (exact) mass is 803 g/mol. The van der Waals surface area contributed by atoms with Crippen LogP contribution in [0.5, 0.6) is 0 Å². The zero-order valence-corrected chi connectivity index (χ0v) is 29.7. The Labute approximate surface area is 306 Å². The lowest BCUT2D eigenvalue weighted by Gasteiger charge is -2.34. The molecule has 1 fully saturated rings. The summed E-state index contributed by atoms with van der Waals surface area (Å²) >= 11 is 12.8. The number of pyridine rings is 1. The highest BCUT2D eigenvalue weighted by atomic mass is 35.5. The van der Waals surface area contributed by atoms with Crippen molar-refractivity contribution in [1.29, 1.82) is 0 Å². The van der Waals surface area contributed by atoms with Gasteiger partial charge in [0.05, 0.1) is 33.9 Å². The fraction of sp³-hybridized carbons (Fsp3) is 0.333. The summed E-state index contributed by atoms with van der Waals surface area (Å²) in [6, 6.07) is 7.16. The van der Waals surface area contributed by atoms with Gasteiger partial charge in [-0.25, -0.2) is 22.2 Å². The molecule has 1 unspecified atom stereocenters. The summed E-state index contributed by atoms with van der Waals surface area (Å²) in [5.74, 6) is -9.16. The van der Waals surface area contributed by atoms with Crippen molar-refractivity contribution in [2.24, 2.45) is 13.0 Å². The Morgan fingerprint density at radius 1 is 1.04 bits per heavy atom. The van der Waals surface area contributed by atoms with Gasteiger partial charge in [0.15, 0.2) is 11.5 Å². The first-order chi connectivity index (χ1) is 24.7. The van der Waals surface area contributed by atoms with Gasteiger partial charge in [-0.1, -0.05) is 29.3 Å². The number of halogens is 9. The van der Waals surface area contributed by atoms with Gasteiger partial charge in [0, 0.05) is 35.7 Å². The van der Waals surface area contributed by atoms with Gasteiger partial charge in [0.2, 0.25) is 15.9 Å². The second-order valence-electron chi connectivity index (χ2n) is 13.0. The van der Waals surface area contributed by atoms with E-state index in [1.165, 1.54) is 29.9 Å². The first kappa shape index (κ1) is 36.9. The molecule has 7 rings (SSSR count). The van der Waals surface area contributed by atoms with E-state index in [9.17, 15) is 35.2 Å². The zero-order chi connectivity index (χ0) is 38.4. The van der Waals surface area contributed by atoms with E-state index < -0.39 is 81.0 Å². The Morgan fingerprint density at radius 3 is 2.34 bits per heavy atom. The largest absolute Gasteiger partial charge is 0.435 e. The number of anilines is 1. The first-order valence-corrected chi connectivity index (χ1v) is 18.5. The highest BCUT2D eigenvalue weighted by molar-refractivity contribution is 7.92. The predicted octanol–water partition coefficient (Wildman–Crippen LogP) is 7.51. The number of sulfonamides is 1. The minimum absolute atomic E-state index is 0.00572. The molecule has 2 aliphatic carbocycles. The molecule has 0 aliphatic heterocycles. The van der Waals surface area contributed by atoms with E-state index in [0.717, 1.165) is 18.4 Å². The Morgan fingerprint density at radius 2 is 1.72 bits per heavy atom. The quantitative estimate of drug-likeness (QED) is 0.118. The minimum Gasteiger partial charge on any atom is -0.346 e. The number of carbonyl (C=O) groups is 1.